The highest BCUT2D eigenvalue weighted by Crippen LogP contribution is 2.50. The number of rotatable bonds is 7. The van der Waals surface area contributed by atoms with Crippen molar-refractivity contribution in [3.63, 3.8) is 0 Å². The van der Waals surface area contributed by atoms with Gasteiger partial charge >= 0.3 is 12.1 Å². The molecule has 42 heavy (non-hydrogen) atoms. The summed E-state index contributed by atoms with van der Waals surface area (Å²) in [6, 6.07) is 10.4. The number of alkyl halides is 3. The lowest BCUT2D eigenvalue weighted by molar-refractivity contribution is -0.157. The summed E-state index contributed by atoms with van der Waals surface area (Å²) < 4.78 is 51.4. The van der Waals surface area contributed by atoms with Gasteiger partial charge in [-0.2, -0.15) is 13.2 Å². The van der Waals surface area contributed by atoms with Crippen LogP contribution in [0.5, 0.6) is 5.75 Å². The number of halogens is 3. The van der Waals surface area contributed by atoms with Crippen LogP contribution in [-0.4, -0.2) is 53.8 Å². The minimum Gasteiger partial charge on any atom is -0.496 e. The molecule has 2 aliphatic heterocycles. The molecule has 2 N–H and O–H groups in total. The van der Waals surface area contributed by atoms with Crippen LogP contribution in [-0.2, 0) is 27.0 Å². The molecule has 0 radical (unpaired) electrons. The maximum atomic E-state index is 14.4. The van der Waals surface area contributed by atoms with Crippen LogP contribution < -0.4 is 10.1 Å². The number of aliphatic carboxylic acids is 1. The molecule has 1 amide bonds. The van der Waals surface area contributed by atoms with Gasteiger partial charge in [-0.25, -0.2) is 4.79 Å². The van der Waals surface area contributed by atoms with E-state index < -0.39 is 53.3 Å². The molecule has 7 atom stereocenters. The molecule has 2 aromatic carbocycles. The molecule has 7 nitrogen and oxygen atoms in total. The van der Waals surface area contributed by atoms with Crippen molar-refractivity contribution in [3.05, 3.63) is 65.2 Å². The average molecular weight is 589 g/mol. The van der Waals surface area contributed by atoms with Crippen molar-refractivity contribution in [1.29, 1.82) is 0 Å². The maximum absolute atomic E-state index is 14.4. The molecule has 0 aromatic heterocycles. The van der Waals surface area contributed by atoms with E-state index in [1.165, 1.54) is 18.1 Å². The van der Waals surface area contributed by atoms with Gasteiger partial charge < -0.3 is 24.8 Å². The summed E-state index contributed by atoms with van der Waals surface area (Å²) in [6.45, 7) is 6.48. The first-order valence-corrected chi connectivity index (χ1v) is 14.5. The van der Waals surface area contributed by atoms with Gasteiger partial charge in [-0.3, -0.25) is 4.79 Å². The number of benzene rings is 2. The van der Waals surface area contributed by atoms with Crippen molar-refractivity contribution in [1.82, 2.24) is 10.2 Å². The molecule has 0 spiro atoms. The second-order valence-corrected chi connectivity index (χ2v) is 12.8. The Morgan fingerprint density at radius 1 is 1.10 bits per heavy atom. The Hall–Kier alpha value is -3.11. The summed E-state index contributed by atoms with van der Waals surface area (Å²) in [4.78, 5) is 29.0. The predicted molar refractivity (Wildman–Crippen MR) is 150 cm³/mol. The lowest BCUT2D eigenvalue weighted by Gasteiger charge is -2.35. The van der Waals surface area contributed by atoms with Gasteiger partial charge in [0.2, 0.25) is 0 Å². The third kappa shape index (κ3) is 5.63. The van der Waals surface area contributed by atoms with E-state index in [-0.39, 0.29) is 24.1 Å². The van der Waals surface area contributed by atoms with E-state index in [4.69, 9.17) is 9.47 Å². The number of likely N-dealkylation sites (tertiary alicyclic amines) is 1. The van der Waals surface area contributed by atoms with Crippen molar-refractivity contribution < 1.29 is 37.3 Å². The van der Waals surface area contributed by atoms with Gasteiger partial charge in [0, 0.05) is 24.1 Å². The first-order valence-electron chi connectivity index (χ1n) is 14.5. The number of methoxy groups -OCH3 is 1. The van der Waals surface area contributed by atoms with E-state index in [9.17, 15) is 27.9 Å². The zero-order valence-electron chi connectivity index (χ0n) is 24.4. The van der Waals surface area contributed by atoms with E-state index >= 15 is 0 Å². The number of carboxylic acids is 1. The highest BCUT2D eigenvalue weighted by molar-refractivity contribution is 5.88. The minimum atomic E-state index is -4.52. The third-order valence-electron chi connectivity index (χ3n) is 9.30. The third-order valence-corrected chi connectivity index (χ3v) is 9.30. The van der Waals surface area contributed by atoms with E-state index in [0.29, 0.717) is 18.1 Å². The summed E-state index contributed by atoms with van der Waals surface area (Å²) in [5, 5.41) is 14.1. The summed E-state index contributed by atoms with van der Waals surface area (Å²) in [5.41, 5.74) is -0.0983. The fraction of sp³-hybridized carbons (Fsp3) is 0.562. The number of carbonyl (C=O) groups is 2. The van der Waals surface area contributed by atoms with E-state index in [2.05, 4.69) is 5.32 Å². The van der Waals surface area contributed by atoms with E-state index in [1.54, 1.807) is 0 Å². The number of nitrogens with one attached hydrogen (secondary N) is 1. The molecule has 3 fully saturated rings. The van der Waals surface area contributed by atoms with Gasteiger partial charge in [0.25, 0.3) is 5.91 Å². The smallest absolute Gasteiger partial charge is 0.416 e. The fourth-order valence-corrected chi connectivity index (χ4v) is 7.45. The molecule has 2 saturated heterocycles. The van der Waals surface area contributed by atoms with Crippen molar-refractivity contribution in [2.24, 2.45) is 23.2 Å². The van der Waals surface area contributed by atoms with E-state index in [0.717, 1.165) is 37.0 Å². The Kier molecular flexibility index (Phi) is 8.33. The average Bonchev–Trinajstić information content (AvgIpc) is 3.64. The molecular weight excluding hydrogens is 549 g/mol. The molecule has 10 heteroatoms. The molecule has 228 valence electrons. The number of fused-ring (bicyclic) bond motifs is 1. The molecule has 5 rings (SSSR count). The van der Waals surface area contributed by atoms with Crippen LogP contribution in [0.15, 0.2) is 48.5 Å². The zero-order chi connectivity index (χ0) is 30.4. The Labute approximate surface area is 244 Å². The number of hydrogen-bond acceptors (Lipinski definition) is 5. The van der Waals surface area contributed by atoms with E-state index in [1.807, 2.05) is 51.1 Å². The Balaban J connectivity index is 1.56. The largest absolute Gasteiger partial charge is 0.496 e. The van der Waals surface area contributed by atoms with Crippen LogP contribution in [0.4, 0.5) is 13.2 Å². The topological polar surface area (TPSA) is 88.1 Å². The van der Waals surface area contributed by atoms with Gasteiger partial charge in [-0.15, -0.1) is 0 Å². The number of nitrogens with zero attached hydrogens (tertiary/aromatic N) is 1. The number of carboxylic acid groups (broad SMARTS) is 1. The first-order chi connectivity index (χ1) is 19.8. The van der Waals surface area contributed by atoms with Crippen molar-refractivity contribution in [3.8, 4) is 5.75 Å². The SMILES string of the molecule is COc1cc(C(F)(F)F)ccc1CN[C@H]1[C@H](C(C)(C)C)[C@@H](C(=O)O)N(C(=O)C2OC[C@@H]3CCC[C@H]23)[C@H]1c1ccccc1. The van der Waals surface area contributed by atoms with Crippen LogP contribution in [0.3, 0.4) is 0 Å². The molecule has 2 aromatic rings. The van der Waals surface area contributed by atoms with Crippen LogP contribution >= 0.6 is 0 Å². The quantitative estimate of drug-likeness (QED) is 0.433. The second-order valence-electron chi connectivity index (χ2n) is 12.8. The van der Waals surface area contributed by atoms with Gasteiger partial charge in [0.05, 0.1) is 25.3 Å². The number of hydrogen-bond donors (Lipinski definition) is 2. The zero-order valence-corrected chi connectivity index (χ0v) is 24.4. The van der Waals surface area contributed by atoms with Gasteiger partial charge in [0.15, 0.2) is 0 Å². The normalized spacial score (nSPS) is 29.5. The molecule has 2 heterocycles. The predicted octanol–water partition coefficient (Wildman–Crippen LogP) is 5.69. The monoisotopic (exact) mass is 588 g/mol. The van der Waals surface area contributed by atoms with Crippen LogP contribution in [0.25, 0.3) is 0 Å². The van der Waals surface area contributed by atoms with Crippen LogP contribution in [0.2, 0.25) is 0 Å². The second kappa shape index (κ2) is 11.5. The summed E-state index contributed by atoms with van der Waals surface area (Å²) in [6.07, 6.45) is -2.31. The number of amides is 1. The number of ether oxygens (including phenoxy) is 2. The van der Waals surface area contributed by atoms with Crippen molar-refractivity contribution in [2.45, 2.75) is 77.0 Å². The highest BCUT2D eigenvalue weighted by Gasteiger charge is 2.60. The molecule has 0 bridgehead atoms. The lowest BCUT2D eigenvalue weighted by Crippen LogP contribution is -2.51. The van der Waals surface area contributed by atoms with Crippen molar-refractivity contribution >= 4 is 11.9 Å². The summed E-state index contributed by atoms with van der Waals surface area (Å²) in [5.74, 6) is -1.49. The van der Waals surface area contributed by atoms with Gasteiger partial charge in [0.1, 0.15) is 17.9 Å². The fourth-order valence-electron chi connectivity index (χ4n) is 7.45. The first kappa shape index (κ1) is 30.4. The van der Waals surface area contributed by atoms with Gasteiger partial charge in [-0.1, -0.05) is 63.6 Å². The standard InChI is InChI=1S/C32H39F3N2O5/c1-31(2,3)24-25(36-16-19-13-14-21(32(33,34)35)15-23(19)41-4)26(18-9-6-5-7-10-18)37(27(24)30(39)40)29(38)28-22-12-8-11-20(22)17-42-28/h5-7,9-10,13-15,20,22,24-28,36H,8,11-12,16-17H2,1-4H3,(H,39,40)/t20-,22-,24-,25-,26-,27-,28?/m0/s1. The van der Waals surface area contributed by atoms with Crippen molar-refractivity contribution in [2.75, 3.05) is 13.7 Å². The Morgan fingerprint density at radius 3 is 2.43 bits per heavy atom. The minimum absolute atomic E-state index is 0.0693. The maximum Gasteiger partial charge on any atom is 0.416 e. The lowest BCUT2D eigenvalue weighted by atomic mass is 9.72. The molecule has 3 aliphatic rings. The Bertz CT molecular complexity index is 1300. The van der Waals surface area contributed by atoms with Crippen LogP contribution in [0, 0.1) is 23.2 Å². The summed E-state index contributed by atoms with van der Waals surface area (Å²) in [7, 11) is 1.32. The molecule has 1 aliphatic carbocycles. The number of carbonyl (C=O) groups excluding carboxylic acids is 1. The Morgan fingerprint density at radius 2 is 1.81 bits per heavy atom. The molecular formula is C32H39F3N2O5. The summed E-state index contributed by atoms with van der Waals surface area (Å²) >= 11 is 0. The van der Waals surface area contributed by atoms with Gasteiger partial charge in [-0.05, 0) is 47.8 Å². The molecule has 1 unspecified atom stereocenters. The van der Waals surface area contributed by atoms with Crippen LogP contribution in [0.1, 0.15) is 62.8 Å². The highest BCUT2D eigenvalue weighted by atomic mass is 19.4. The molecule has 1 saturated carbocycles.